The fraction of sp³-hybridized carbons (Fsp3) is 0.100. The third kappa shape index (κ3) is 2.33. The zero-order valence-corrected chi connectivity index (χ0v) is 8.06. The highest BCUT2D eigenvalue weighted by Crippen LogP contribution is 2.15. The Kier molecular flexibility index (Phi) is 3.66. The molecule has 72 valence electrons. The first-order valence-corrected chi connectivity index (χ1v) is 4.49. The molecule has 1 aromatic rings. The largest absolute Gasteiger partial charge is 0.205 e. The number of thiol groups is 1. The molecule has 14 heavy (non-hydrogen) atoms. The van der Waals surface area contributed by atoms with Gasteiger partial charge in [0.25, 0.3) is 0 Å². The first kappa shape index (κ1) is 10.7. The number of hydrogen-bond donors (Lipinski definition) is 1. The van der Waals surface area contributed by atoms with Gasteiger partial charge in [-0.2, -0.15) is 17.9 Å². The molecule has 0 aliphatic heterocycles. The Morgan fingerprint density at radius 1 is 1.36 bits per heavy atom. The second-order valence-electron chi connectivity index (χ2n) is 2.56. The molecule has 1 nitrogen and oxygen atoms in total. The van der Waals surface area contributed by atoms with Gasteiger partial charge in [0.05, 0.1) is 0 Å². The predicted molar refractivity (Wildman–Crippen MR) is 54.0 cm³/mol. The Balaban J connectivity index is 3.16. The average molecular weight is 211 g/mol. The summed E-state index contributed by atoms with van der Waals surface area (Å²) in [7, 11) is 0. The molecule has 0 unspecified atom stereocenters. The molecule has 0 heterocycles. The number of hydrogen-bond acceptors (Lipinski definition) is 2. The normalized spacial score (nSPS) is 10.4. The van der Waals surface area contributed by atoms with Gasteiger partial charge in [0.15, 0.2) is 0 Å². The lowest BCUT2D eigenvalue weighted by Gasteiger charge is -1.98. The van der Waals surface area contributed by atoms with Gasteiger partial charge in [0.1, 0.15) is 23.3 Å². The van der Waals surface area contributed by atoms with Gasteiger partial charge in [0.2, 0.25) is 0 Å². The molecule has 0 aliphatic rings. The van der Waals surface area contributed by atoms with Crippen LogP contribution in [-0.2, 0) is 0 Å². The van der Waals surface area contributed by atoms with Crippen molar-refractivity contribution >= 4 is 18.7 Å². The van der Waals surface area contributed by atoms with Crippen LogP contribution in [0.15, 0.2) is 18.2 Å². The second kappa shape index (κ2) is 4.77. The van der Waals surface area contributed by atoms with E-state index in [0.29, 0.717) is 11.3 Å². The molecular formula is C10H7F2NS. The van der Waals surface area contributed by atoms with Crippen LogP contribution in [-0.4, -0.2) is 5.75 Å². The molecule has 0 fully saturated rings. The van der Waals surface area contributed by atoms with Crippen LogP contribution in [0.2, 0.25) is 0 Å². The van der Waals surface area contributed by atoms with Crippen molar-refractivity contribution in [2.75, 3.05) is 5.75 Å². The van der Waals surface area contributed by atoms with Gasteiger partial charge in [-0.3, -0.25) is 0 Å². The van der Waals surface area contributed by atoms with Crippen LogP contribution in [0.1, 0.15) is 11.1 Å². The van der Waals surface area contributed by atoms with Crippen molar-refractivity contribution in [3.8, 4) is 6.07 Å². The molecule has 0 spiro atoms. The van der Waals surface area contributed by atoms with Gasteiger partial charge in [-0.1, -0.05) is 12.2 Å². The minimum Gasteiger partial charge on any atom is -0.205 e. The zero-order chi connectivity index (χ0) is 10.6. The van der Waals surface area contributed by atoms with Crippen LogP contribution in [0.5, 0.6) is 0 Å². The number of nitriles is 1. The van der Waals surface area contributed by atoms with Gasteiger partial charge in [-0.25, -0.2) is 8.78 Å². The van der Waals surface area contributed by atoms with Crippen molar-refractivity contribution in [2.45, 2.75) is 0 Å². The van der Waals surface area contributed by atoms with E-state index in [1.165, 1.54) is 6.07 Å². The van der Waals surface area contributed by atoms with Gasteiger partial charge in [0, 0.05) is 5.75 Å². The molecule has 0 aliphatic carbocycles. The monoisotopic (exact) mass is 211 g/mol. The third-order valence-electron chi connectivity index (χ3n) is 1.59. The molecule has 0 saturated carbocycles. The molecule has 0 amide bonds. The molecular weight excluding hydrogens is 204 g/mol. The average Bonchev–Trinajstić information content (AvgIpc) is 2.14. The van der Waals surface area contributed by atoms with E-state index in [1.807, 2.05) is 0 Å². The predicted octanol–water partition coefficient (Wildman–Crippen LogP) is 2.78. The lowest BCUT2D eigenvalue weighted by Crippen LogP contribution is -1.91. The van der Waals surface area contributed by atoms with E-state index in [9.17, 15) is 8.78 Å². The minimum atomic E-state index is -0.841. The summed E-state index contributed by atoms with van der Waals surface area (Å²) in [6, 6.07) is 3.68. The van der Waals surface area contributed by atoms with Crippen LogP contribution in [0.25, 0.3) is 6.08 Å². The lowest BCUT2D eigenvalue weighted by molar-refractivity contribution is 0.576. The molecule has 4 heteroatoms. The van der Waals surface area contributed by atoms with E-state index in [2.05, 4.69) is 12.6 Å². The summed E-state index contributed by atoms with van der Waals surface area (Å²) in [4.78, 5) is 0. The molecule has 0 radical (unpaired) electrons. The fourth-order valence-corrected chi connectivity index (χ4v) is 1.09. The van der Waals surface area contributed by atoms with Crippen LogP contribution in [0.3, 0.4) is 0 Å². The van der Waals surface area contributed by atoms with Crippen molar-refractivity contribution in [2.24, 2.45) is 0 Å². The van der Waals surface area contributed by atoms with E-state index in [0.717, 1.165) is 12.1 Å². The van der Waals surface area contributed by atoms with Crippen molar-refractivity contribution in [1.29, 1.82) is 5.26 Å². The molecule has 0 atom stereocenters. The topological polar surface area (TPSA) is 23.8 Å². The second-order valence-corrected chi connectivity index (χ2v) is 2.92. The summed E-state index contributed by atoms with van der Waals surface area (Å²) in [5, 5.41) is 8.41. The summed E-state index contributed by atoms with van der Waals surface area (Å²) in [6.45, 7) is 0. The molecule has 1 aromatic carbocycles. The molecule has 0 saturated heterocycles. The highest BCUT2D eigenvalue weighted by atomic mass is 32.1. The maximum absolute atomic E-state index is 13.0. The van der Waals surface area contributed by atoms with Gasteiger partial charge in [-0.15, -0.1) is 0 Å². The van der Waals surface area contributed by atoms with Gasteiger partial charge in [-0.05, 0) is 17.7 Å². The van der Waals surface area contributed by atoms with E-state index in [4.69, 9.17) is 5.26 Å². The van der Waals surface area contributed by atoms with Gasteiger partial charge < -0.3 is 0 Å². The van der Waals surface area contributed by atoms with E-state index < -0.39 is 17.2 Å². The number of benzene rings is 1. The van der Waals surface area contributed by atoms with Crippen molar-refractivity contribution in [1.82, 2.24) is 0 Å². The Morgan fingerprint density at radius 3 is 2.36 bits per heavy atom. The number of halogens is 2. The standard InChI is InChI=1S/C10H7F2NS/c11-9-4-7(2-1-3-14)5-10(12)8(9)6-13/h1-2,4-5,14H,3H2. The maximum Gasteiger partial charge on any atom is 0.144 e. The summed E-state index contributed by atoms with van der Waals surface area (Å²) in [6.07, 6.45) is 3.20. The summed E-state index contributed by atoms with van der Waals surface area (Å²) in [5.74, 6) is -1.19. The van der Waals surface area contributed by atoms with Crippen molar-refractivity contribution in [3.63, 3.8) is 0 Å². The van der Waals surface area contributed by atoms with Crippen molar-refractivity contribution < 1.29 is 8.78 Å². The highest BCUT2D eigenvalue weighted by molar-refractivity contribution is 7.80. The lowest BCUT2D eigenvalue weighted by atomic mass is 10.1. The van der Waals surface area contributed by atoms with Crippen LogP contribution >= 0.6 is 12.6 Å². The summed E-state index contributed by atoms with van der Waals surface area (Å²) < 4.78 is 26.0. The Morgan fingerprint density at radius 2 is 1.93 bits per heavy atom. The fourth-order valence-electron chi connectivity index (χ4n) is 0.985. The van der Waals surface area contributed by atoms with E-state index in [1.54, 1.807) is 12.2 Å². The quantitative estimate of drug-likeness (QED) is 0.747. The van der Waals surface area contributed by atoms with Crippen LogP contribution in [0, 0.1) is 23.0 Å². The van der Waals surface area contributed by atoms with E-state index in [-0.39, 0.29) is 0 Å². The molecule has 1 rings (SSSR count). The van der Waals surface area contributed by atoms with Crippen molar-refractivity contribution in [3.05, 3.63) is 41.0 Å². The SMILES string of the molecule is N#Cc1c(F)cc(C=CCS)cc1F. The molecule has 0 bridgehead atoms. The number of rotatable bonds is 2. The Hall–Kier alpha value is -1.34. The number of nitrogens with zero attached hydrogens (tertiary/aromatic N) is 1. The van der Waals surface area contributed by atoms with Gasteiger partial charge >= 0.3 is 0 Å². The van der Waals surface area contributed by atoms with Crippen LogP contribution in [0.4, 0.5) is 8.78 Å². The maximum atomic E-state index is 13.0. The molecule has 0 N–H and O–H groups in total. The summed E-state index contributed by atoms with van der Waals surface area (Å²) in [5.41, 5.74) is -0.166. The highest BCUT2D eigenvalue weighted by Gasteiger charge is 2.08. The third-order valence-corrected chi connectivity index (χ3v) is 1.80. The first-order valence-electron chi connectivity index (χ1n) is 3.85. The smallest absolute Gasteiger partial charge is 0.144 e. The Bertz CT molecular complexity index is 384. The zero-order valence-electron chi connectivity index (χ0n) is 7.17. The Labute approximate surface area is 86.1 Å². The summed E-state index contributed by atoms with van der Waals surface area (Å²) >= 11 is 3.91. The molecule has 0 aromatic heterocycles. The first-order chi connectivity index (χ1) is 6.69. The van der Waals surface area contributed by atoms with Crippen LogP contribution < -0.4 is 0 Å². The minimum absolute atomic E-state index is 0.382. The van der Waals surface area contributed by atoms with E-state index >= 15 is 0 Å².